The average molecular weight is 496 g/mol. The van der Waals surface area contributed by atoms with Crippen LogP contribution in [0.15, 0.2) is 72.8 Å². The van der Waals surface area contributed by atoms with E-state index in [0.717, 1.165) is 11.3 Å². The fourth-order valence-electron chi connectivity index (χ4n) is 5.46. The molecule has 1 fully saturated rings. The molecule has 3 atom stereocenters. The highest BCUT2D eigenvalue weighted by Gasteiger charge is 2.63. The van der Waals surface area contributed by atoms with Gasteiger partial charge < -0.3 is 14.4 Å². The lowest BCUT2D eigenvalue weighted by Crippen LogP contribution is -2.44. The summed E-state index contributed by atoms with van der Waals surface area (Å²) in [7, 11) is 3.06. The molecule has 36 heavy (non-hydrogen) atoms. The van der Waals surface area contributed by atoms with E-state index >= 15 is 0 Å². The lowest BCUT2D eigenvalue weighted by atomic mass is 9.69. The average Bonchev–Trinajstić information content (AvgIpc) is 3.23. The van der Waals surface area contributed by atoms with Crippen molar-refractivity contribution in [3.63, 3.8) is 0 Å². The van der Waals surface area contributed by atoms with Crippen molar-refractivity contribution in [2.75, 3.05) is 19.1 Å². The molecule has 2 aliphatic rings. The normalized spacial score (nSPS) is 21.0. The molecule has 0 aliphatic carbocycles. The molecule has 2 aliphatic heterocycles. The third-order valence-electron chi connectivity index (χ3n) is 7.06. The number of hydrogen-bond donors (Lipinski definition) is 0. The Balaban J connectivity index is 1.79. The highest BCUT2D eigenvalue weighted by atomic mass is 35.5. The van der Waals surface area contributed by atoms with Crippen molar-refractivity contribution in [1.82, 2.24) is 0 Å². The molecule has 0 bridgehead atoms. The van der Waals surface area contributed by atoms with Crippen LogP contribution < -0.4 is 14.4 Å². The van der Waals surface area contributed by atoms with Gasteiger partial charge in [0.05, 0.1) is 32.4 Å². The van der Waals surface area contributed by atoms with E-state index in [1.807, 2.05) is 35.3 Å². The number of carbonyl (C=O) groups is 1. The van der Waals surface area contributed by atoms with Gasteiger partial charge in [0, 0.05) is 22.2 Å². The monoisotopic (exact) mass is 495 g/mol. The van der Waals surface area contributed by atoms with E-state index in [0.29, 0.717) is 27.6 Å². The van der Waals surface area contributed by atoms with Crippen molar-refractivity contribution in [3.05, 3.63) is 94.5 Å². The first kappa shape index (κ1) is 23.5. The van der Waals surface area contributed by atoms with Gasteiger partial charge in [-0.1, -0.05) is 60.2 Å². The zero-order valence-electron chi connectivity index (χ0n) is 19.7. The number of benzene rings is 3. The van der Waals surface area contributed by atoms with Crippen molar-refractivity contribution in [3.8, 4) is 23.6 Å². The lowest BCUT2D eigenvalue weighted by molar-refractivity contribution is 0.0951. The molecule has 3 aromatic rings. The number of rotatable bonds is 5. The summed E-state index contributed by atoms with van der Waals surface area (Å²) in [5.74, 6) is 0.0147. The predicted octanol–water partition coefficient (Wildman–Crippen LogP) is 5.64. The molecule has 0 radical (unpaired) electrons. The van der Waals surface area contributed by atoms with Crippen molar-refractivity contribution in [2.24, 2.45) is 5.41 Å². The molecule has 0 unspecified atom stereocenters. The van der Waals surface area contributed by atoms with Crippen LogP contribution in [0.4, 0.5) is 5.69 Å². The molecule has 0 saturated carbocycles. The second-order valence-electron chi connectivity index (χ2n) is 8.77. The third-order valence-corrected chi connectivity index (χ3v) is 7.30. The van der Waals surface area contributed by atoms with Gasteiger partial charge in [-0.25, -0.2) is 0 Å². The number of methoxy groups -OCH3 is 2. The Hall–Kier alpha value is -4.26. The number of ether oxygens (including phenoxy) is 2. The number of anilines is 1. The number of Topliss-reactive ketones (excluding diaryl/α,β-unsaturated/α-hetero) is 1. The van der Waals surface area contributed by atoms with Gasteiger partial charge >= 0.3 is 0 Å². The van der Waals surface area contributed by atoms with Gasteiger partial charge in [0.15, 0.2) is 22.7 Å². The Kier molecular flexibility index (Phi) is 5.92. The molecule has 0 spiro atoms. The maximum atomic E-state index is 14.2. The summed E-state index contributed by atoms with van der Waals surface area (Å²) in [5, 5.41) is 21.7. The number of ketones is 1. The second kappa shape index (κ2) is 9.07. The highest BCUT2D eigenvalue weighted by molar-refractivity contribution is 6.30. The minimum Gasteiger partial charge on any atom is -0.493 e. The van der Waals surface area contributed by atoms with Gasteiger partial charge in [0.1, 0.15) is 6.04 Å². The molecular formula is C29H22ClN3O3. The van der Waals surface area contributed by atoms with Gasteiger partial charge in [-0.3, -0.25) is 4.79 Å². The number of carbonyl (C=O) groups excluding carboxylic acids is 1. The molecule has 1 saturated heterocycles. The maximum Gasteiger partial charge on any atom is 0.185 e. The summed E-state index contributed by atoms with van der Waals surface area (Å²) in [6.07, 6.45) is 3.70. The van der Waals surface area contributed by atoms with Crippen LogP contribution in [0.5, 0.6) is 11.5 Å². The number of halogens is 1. The topological polar surface area (TPSA) is 86.4 Å². The molecule has 5 rings (SSSR count). The van der Waals surface area contributed by atoms with Crippen molar-refractivity contribution < 1.29 is 14.3 Å². The molecule has 0 amide bonds. The van der Waals surface area contributed by atoms with Crippen LogP contribution in [0.25, 0.3) is 6.08 Å². The van der Waals surface area contributed by atoms with Crippen LogP contribution in [0.1, 0.15) is 27.4 Å². The minimum atomic E-state index is -1.55. The number of fused-ring (bicyclic) bond motifs is 3. The summed E-state index contributed by atoms with van der Waals surface area (Å²) in [6, 6.07) is 22.8. The molecule has 0 N–H and O–H groups in total. The molecule has 2 heterocycles. The largest absolute Gasteiger partial charge is 0.493 e. The first-order valence-corrected chi connectivity index (χ1v) is 11.8. The Bertz CT molecular complexity index is 1440. The Morgan fingerprint density at radius 3 is 2.36 bits per heavy atom. The van der Waals surface area contributed by atoms with E-state index in [4.69, 9.17) is 21.1 Å². The van der Waals surface area contributed by atoms with Crippen LogP contribution in [0, 0.1) is 28.1 Å². The smallest absolute Gasteiger partial charge is 0.185 e. The van der Waals surface area contributed by atoms with E-state index < -0.39 is 23.4 Å². The Morgan fingerprint density at radius 2 is 1.69 bits per heavy atom. The SMILES string of the molecule is COc1ccc([C@H]2[C@H](C(=O)c3ccccc3)N3c4ccc(Cl)cc4C=C[C@H]3C2(C#N)C#N)cc1OC. The zero-order chi connectivity index (χ0) is 25.4. The second-order valence-corrected chi connectivity index (χ2v) is 9.21. The molecular weight excluding hydrogens is 474 g/mol. The minimum absolute atomic E-state index is 0.177. The fourth-order valence-corrected chi connectivity index (χ4v) is 5.64. The number of hydrogen-bond acceptors (Lipinski definition) is 6. The van der Waals surface area contributed by atoms with Crippen LogP contribution in [-0.2, 0) is 0 Å². The summed E-state index contributed by atoms with van der Waals surface area (Å²) in [4.78, 5) is 16.1. The summed E-state index contributed by atoms with van der Waals surface area (Å²) >= 11 is 6.26. The van der Waals surface area contributed by atoms with Gasteiger partial charge in [-0.05, 0) is 41.5 Å². The Morgan fingerprint density at radius 1 is 0.972 bits per heavy atom. The predicted molar refractivity (Wildman–Crippen MR) is 137 cm³/mol. The standard InChI is InChI=1S/C29H22ClN3O3/c1-35-23-12-8-20(15-24(23)36-2)26-27(28(34)18-6-4-3-5-7-18)33-22-11-10-21(30)14-19(22)9-13-25(33)29(26,16-31)17-32/h3-15,25-27H,1-2H3/t25-,26-,27+/m0/s1. The molecule has 0 aromatic heterocycles. The first-order chi connectivity index (χ1) is 17.5. The summed E-state index contributed by atoms with van der Waals surface area (Å²) in [5.41, 5.74) is 1.16. The van der Waals surface area contributed by atoms with Crippen molar-refractivity contribution in [2.45, 2.75) is 18.0 Å². The fraction of sp³-hybridized carbons (Fsp3) is 0.207. The zero-order valence-corrected chi connectivity index (χ0v) is 20.4. The van der Waals surface area contributed by atoms with Gasteiger partial charge in [-0.15, -0.1) is 0 Å². The van der Waals surface area contributed by atoms with E-state index in [2.05, 4.69) is 12.1 Å². The van der Waals surface area contributed by atoms with Crippen LogP contribution >= 0.6 is 11.6 Å². The molecule has 3 aromatic carbocycles. The van der Waals surface area contributed by atoms with Crippen molar-refractivity contribution in [1.29, 1.82) is 10.5 Å². The van der Waals surface area contributed by atoms with E-state index in [9.17, 15) is 15.3 Å². The van der Waals surface area contributed by atoms with Crippen LogP contribution in [0.3, 0.4) is 0 Å². The van der Waals surface area contributed by atoms with E-state index in [1.165, 1.54) is 14.2 Å². The maximum absolute atomic E-state index is 14.2. The van der Waals surface area contributed by atoms with Crippen molar-refractivity contribution >= 4 is 29.1 Å². The van der Waals surface area contributed by atoms with Gasteiger partial charge in [-0.2, -0.15) is 10.5 Å². The van der Waals surface area contributed by atoms with E-state index in [-0.39, 0.29) is 5.78 Å². The molecule has 6 nitrogen and oxygen atoms in total. The summed E-state index contributed by atoms with van der Waals surface area (Å²) < 4.78 is 10.9. The van der Waals surface area contributed by atoms with Gasteiger partial charge in [0.25, 0.3) is 0 Å². The van der Waals surface area contributed by atoms with Crippen LogP contribution in [0.2, 0.25) is 5.02 Å². The highest BCUT2D eigenvalue weighted by Crippen LogP contribution is 2.56. The lowest BCUT2D eigenvalue weighted by Gasteiger charge is -2.35. The third kappa shape index (κ3) is 3.42. The summed E-state index contributed by atoms with van der Waals surface area (Å²) in [6.45, 7) is 0. The number of nitriles is 2. The van der Waals surface area contributed by atoms with E-state index in [1.54, 1.807) is 48.5 Å². The van der Waals surface area contributed by atoms with Gasteiger partial charge in [0.2, 0.25) is 0 Å². The Labute approximate surface area is 214 Å². The number of nitrogens with zero attached hydrogens (tertiary/aromatic N) is 3. The quantitative estimate of drug-likeness (QED) is 0.426. The van der Waals surface area contributed by atoms with Crippen LogP contribution in [-0.4, -0.2) is 32.1 Å². The first-order valence-electron chi connectivity index (χ1n) is 11.4. The molecule has 7 heteroatoms. The molecule has 178 valence electrons.